The zero-order valence-electron chi connectivity index (χ0n) is 17.6. The molecule has 0 aliphatic carbocycles. The first-order valence-corrected chi connectivity index (χ1v) is 10.6. The number of nitro groups is 1. The first kappa shape index (κ1) is 22.3. The Hall–Kier alpha value is -3.92. The molecule has 0 spiro atoms. The number of fused-ring (bicyclic) bond motifs is 1. The predicted octanol–water partition coefficient (Wildman–Crippen LogP) is 6.03. The van der Waals surface area contributed by atoms with Crippen LogP contribution in [0.4, 0.5) is 11.4 Å². The highest BCUT2D eigenvalue weighted by molar-refractivity contribution is 9.10. The molecule has 0 amide bonds. The maximum atomic E-state index is 11.2. The van der Waals surface area contributed by atoms with Gasteiger partial charge in [-0.3, -0.25) is 15.1 Å². The Morgan fingerprint density at radius 1 is 1.21 bits per heavy atom. The maximum Gasteiger partial charge on any atom is 0.274 e. The standard InChI is InChI=1S/C23H18BrN3O6/c1-3-32-21-11-16(27(29)30)8-14(22(21)28)12-25-15-5-7-20-18(10-15)26-23(33-20)13-4-6-19(31-2)17(24)9-13/h4-12,28H,3H2,1-2H3. The van der Waals surface area contributed by atoms with E-state index in [-0.39, 0.29) is 29.4 Å². The van der Waals surface area contributed by atoms with Crippen molar-refractivity contribution in [3.8, 4) is 28.7 Å². The smallest absolute Gasteiger partial charge is 0.274 e. The third-order valence-corrected chi connectivity index (χ3v) is 5.34. The molecule has 0 atom stereocenters. The molecule has 0 saturated carbocycles. The van der Waals surface area contributed by atoms with Crippen molar-refractivity contribution in [2.45, 2.75) is 6.92 Å². The molecule has 4 aromatic rings. The van der Waals surface area contributed by atoms with Gasteiger partial charge in [-0.1, -0.05) is 0 Å². The largest absolute Gasteiger partial charge is 0.504 e. The van der Waals surface area contributed by atoms with Gasteiger partial charge in [0.1, 0.15) is 11.3 Å². The third-order valence-electron chi connectivity index (χ3n) is 4.72. The monoisotopic (exact) mass is 511 g/mol. The third kappa shape index (κ3) is 4.65. The molecule has 1 heterocycles. The molecule has 1 aromatic heterocycles. The number of nitrogens with zero attached hydrogens (tertiary/aromatic N) is 3. The number of oxazole rings is 1. The number of hydrogen-bond donors (Lipinski definition) is 1. The lowest BCUT2D eigenvalue weighted by Crippen LogP contribution is -1.97. The van der Waals surface area contributed by atoms with Gasteiger partial charge in [-0.15, -0.1) is 0 Å². The van der Waals surface area contributed by atoms with E-state index >= 15 is 0 Å². The van der Waals surface area contributed by atoms with Gasteiger partial charge in [0.2, 0.25) is 5.89 Å². The summed E-state index contributed by atoms with van der Waals surface area (Å²) in [5.74, 6) is 0.937. The molecule has 9 nitrogen and oxygen atoms in total. The van der Waals surface area contributed by atoms with Crippen LogP contribution in [0, 0.1) is 10.1 Å². The molecule has 0 saturated heterocycles. The Morgan fingerprint density at radius 2 is 2.03 bits per heavy atom. The van der Waals surface area contributed by atoms with Crippen molar-refractivity contribution in [2.75, 3.05) is 13.7 Å². The number of phenolic OH excluding ortho intramolecular Hbond substituents is 1. The van der Waals surface area contributed by atoms with Crippen LogP contribution in [0.5, 0.6) is 17.2 Å². The second-order valence-corrected chi connectivity index (χ2v) is 7.70. The first-order valence-electron chi connectivity index (χ1n) is 9.82. The average Bonchev–Trinajstić information content (AvgIpc) is 3.23. The molecule has 1 N–H and O–H groups in total. The van der Waals surface area contributed by atoms with Crippen LogP contribution in [0.15, 0.2) is 62.4 Å². The van der Waals surface area contributed by atoms with Crippen LogP contribution < -0.4 is 9.47 Å². The number of halogens is 1. The Bertz CT molecular complexity index is 1380. The number of non-ortho nitro benzene ring substituents is 1. The molecule has 0 bridgehead atoms. The van der Waals surface area contributed by atoms with Crippen LogP contribution >= 0.6 is 15.9 Å². The van der Waals surface area contributed by atoms with Gasteiger partial charge < -0.3 is 19.0 Å². The molecule has 33 heavy (non-hydrogen) atoms. The minimum absolute atomic E-state index is 0.0235. The number of phenols is 1. The van der Waals surface area contributed by atoms with Gasteiger partial charge >= 0.3 is 0 Å². The van der Waals surface area contributed by atoms with Crippen molar-refractivity contribution >= 4 is 44.6 Å². The van der Waals surface area contributed by atoms with Gasteiger partial charge in [0.25, 0.3) is 5.69 Å². The van der Waals surface area contributed by atoms with Crippen LogP contribution in [0.3, 0.4) is 0 Å². The van der Waals surface area contributed by atoms with Crippen molar-refractivity contribution in [2.24, 2.45) is 4.99 Å². The summed E-state index contributed by atoms with van der Waals surface area (Å²) >= 11 is 3.45. The van der Waals surface area contributed by atoms with Crippen molar-refractivity contribution in [3.63, 3.8) is 0 Å². The predicted molar refractivity (Wildman–Crippen MR) is 127 cm³/mol. The first-order chi connectivity index (χ1) is 15.9. The molecule has 0 aliphatic rings. The minimum atomic E-state index is -0.556. The average molecular weight is 512 g/mol. The quantitative estimate of drug-likeness (QED) is 0.182. The molecule has 0 radical (unpaired) electrons. The van der Waals surface area contributed by atoms with Gasteiger partial charge in [-0.25, -0.2) is 4.98 Å². The Balaban J connectivity index is 1.66. The number of hydrogen-bond acceptors (Lipinski definition) is 8. The molecular weight excluding hydrogens is 494 g/mol. The summed E-state index contributed by atoms with van der Waals surface area (Å²) in [6, 6.07) is 13.1. The number of aromatic nitrogens is 1. The summed E-state index contributed by atoms with van der Waals surface area (Å²) in [6.07, 6.45) is 1.34. The topological polar surface area (TPSA) is 120 Å². The number of aromatic hydroxyl groups is 1. The number of nitro benzene ring substituents is 1. The van der Waals surface area contributed by atoms with E-state index < -0.39 is 4.92 Å². The molecule has 168 valence electrons. The van der Waals surface area contributed by atoms with Crippen LogP contribution in [0.2, 0.25) is 0 Å². The second kappa shape index (κ2) is 9.29. The van der Waals surface area contributed by atoms with Crippen LogP contribution in [-0.4, -0.2) is 34.9 Å². The van der Waals surface area contributed by atoms with Gasteiger partial charge in [0.05, 0.1) is 34.9 Å². The fourth-order valence-corrected chi connectivity index (χ4v) is 3.69. The van der Waals surface area contributed by atoms with Crippen LogP contribution in [0.1, 0.15) is 12.5 Å². The van der Waals surface area contributed by atoms with Gasteiger partial charge in [-0.05, 0) is 59.3 Å². The summed E-state index contributed by atoms with van der Waals surface area (Å²) in [7, 11) is 1.59. The van der Waals surface area contributed by atoms with Crippen molar-refractivity contribution < 1.29 is 23.9 Å². The summed E-state index contributed by atoms with van der Waals surface area (Å²) in [6.45, 7) is 1.97. The normalized spacial score (nSPS) is 11.2. The van der Waals surface area contributed by atoms with Crippen molar-refractivity contribution in [1.82, 2.24) is 4.98 Å². The van der Waals surface area contributed by atoms with E-state index in [9.17, 15) is 15.2 Å². The Kier molecular flexibility index (Phi) is 6.27. The van der Waals surface area contributed by atoms with E-state index in [1.54, 1.807) is 32.2 Å². The summed E-state index contributed by atoms with van der Waals surface area (Å²) in [4.78, 5) is 19.5. The number of methoxy groups -OCH3 is 1. The van der Waals surface area contributed by atoms with Crippen molar-refractivity contribution in [1.29, 1.82) is 0 Å². The van der Waals surface area contributed by atoms with Crippen LogP contribution in [0.25, 0.3) is 22.6 Å². The Morgan fingerprint density at radius 3 is 2.73 bits per heavy atom. The molecule has 10 heteroatoms. The lowest BCUT2D eigenvalue weighted by Gasteiger charge is -2.07. The Labute approximate surface area is 196 Å². The van der Waals surface area contributed by atoms with E-state index in [0.29, 0.717) is 28.4 Å². The van der Waals surface area contributed by atoms with Crippen LogP contribution in [-0.2, 0) is 0 Å². The second-order valence-electron chi connectivity index (χ2n) is 6.85. The number of benzene rings is 3. The van der Waals surface area contributed by atoms with E-state index in [1.165, 1.54) is 18.3 Å². The number of ether oxygens (including phenoxy) is 2. The SMILES string of the molecule is CCOc1cc([N+](=O)[O-])cc(C=Nc2ccc3oc(-c4ccc(OC)c(Br)c4)nc3c2)c1O. The zero-order valence-corrected chi connectivity index (χ0v) is 19.2. The molecule has 0 unspecified atom stereocenters. The van der Waals surface area contributed by atoms with Gasteiger partial charge in [-0.2, -0.15) is 0 Å². The van der Waals surface area contributed by atoms with E-state index in [4.69, 9.17) is 13.9 Å². The highest BCUT2D eigenvalue weighted by Crippen LogP contribution is 2.35. The van der Waals surface area contributed by atoms with Crippen molar-refractivity contribution in [3.05, 3.63) is 68.7 Å². The molecule has 4 rings (SSSR count). The maximum absolute atomic E-state index is 11.2. The highest BCUT2D eigenvalue weighted by Gasteiger charge is 2.16. The fourth-order valence-electron chi connectivity index (χ4n) is 3.15. The molecule has 0 fully saturated rings. The van der Waals surface area contributed by atoms with Gasteiger partial charge in [0.15, 0.2) is 17.1 Å². The number of rotatable bonds is 7. The summed E-state index contributed by atoms with van der Waals surface area (Å²) in [5.41, 5.74) is 2.42. The molecular formula is C23H18BrN3O6. The molecule has 0 aliphatic heterocycles. The van der Waals surface area contributed by atoms with Gasteiger partial charge in [0, 0.05) is 23.4 Å². The van der Waals surface area contributed by atoms with E-state index in [1.807, 2.05) is 18.2 Å². The minimum Gasteiger partial charge on any atom is -0.504 e. The fraction of sp³-hybridized carbons (Fsp3) is 0.130. The highest BCUT2D eigenvalue weighted by atomic mass is 79.9. The zero-order chi connectivity index (χ0) is 23.5. The summed E-state index contributed by atoms with van der Waals surface area (Å²) < 4.78 is 17.2. The summed E-state index contributed by atoms with van der Waals surface area (Å²) in [5, 5.41) is 21.6. The lowest BCUT2D eigenvalue weighted by atomic mass is 10.1. The lowest BCUT2D eigenvalue weighted by molar-refractivity contribution is -0.385. The molecule has 3 aromatic carbocycles. The van der Waals surface area contributed by atoms with E-state index in [0.717, 1.165) is 10.0 Å². The number of aliphatic imine (C=N–C) groups is 1. The van der Waals surface area contributed by atoms with E-state index in [2.05, 4.69) is 25.9 Å².